The van der Waals surface area contributed by atoms with Gasteiger partial charge in [-0.15, -0.1) is 0 Å². The zero-order valence-electron chi connectivity index (χ0n) is 17.0. The molecule has 0 spiro atoms. The average Bonchev–Trinajstić information content (AvgIpc) is 2.75. The van der Waals surface area contributed by atoms with Gasteiger partial charge in [0.2, 0.25) is 0 Å². The van der Waals surface area contributed by atoms with Crippen molar-refractivity contribution in [3.05, 3.63) is 70.8 Å². The minimum absolute atomic E-state index is 0. The van der Waals surface area contributed by atoms with Gasteiger partial charge in [0.15, 0.2) is 0 Å². The SMILES string of the molecule is O=C(O)c1c(C(=O)O)c2c(C(=O)O)ccc3c4cccc5cccc(c(c1C(=O)O)c23)c54.[K]. The fourth-order valence-corrected chi connectivity index (χ4v) is 4.71. The smallest absolute Gasteiger partial charge is 0.337 e. The van der Waals surface area contributed by atoms with Crippen LogP contribution < -0.4 is 0 Å². The third kappa shape index (κ3) is 3.12. The predicted octanol–water partition coefficient (Wildman–Crippen LogP) is 4.15. The summed E-state index contributed by atoms with van der Waals surface area (Å²) in [6.07, 6.45) is 0. The third-order valence-electron chi connectivity index (χ3n) is 5.79. The van der Waals surface area contributed by atoms with E-state index < -0.39 is 46.1 Å². The zero-order chi connectivity index (χ0) is 22.9. The largest absolute Gasteiger partial charge is 0.478 e. The van der Waals surface area contributed by atoms with Crippen LogP contribution in [0.15, 0.2) is 48.5 Å². The van der Waals surface area contributed by atoms with Crippen LogP contribution in [0.4, 0.5) is 0 Å². The molecule has 8 nitrogen and oxygen atoms in total. The summed E-state index contributed by atoms with van der Waals surface area (Å²) in [6, 6.07) is 13.2. The summed E-state index contributed by atoms with van der Waals surface area (Å²) in [5.74, 6) is -6.58. The molecular formula is C24H12KO8. The van der Waals surface area contributed by atoms with Crippen LogP contribution >= 0.6 is 0 Å². The van der Waals surface area contributed by atoms with Gasteiger partial charge in [-0.05, 0) is 33.0 Å². The number of hydrogen-bond acceptors (Lipinski definition) is 4. The van der Waals surface area contributed by atoms with Gasteiger partial charge in [0, 0.05) is 67.5 Å². The van der Waals surface area contributed by atoms with E-state index in [-0.39, 0.29) is 67.5 Å². The summed E-state index contributed by atoms with van der Waals surface area (Å²) in [7, 11) is 0. The third-order valence-corrected chi connectivity index (χ3v) is 5.79. The Hall–Kier alpha value is -3.08. The maximum absolute atomic E-state index is 12.3. The summed E-state index contributed by atoms with van der Waals surface area (Å²) in [4.78, 5) is 48.7. The Morgan fingerprint density at radius 1 is 0.485 bits per heavy atom. The molecule has 9 heteroatoms. The quantitative estimate of drug-likeness (QED) is 0.175. The van der Waals surface area contributed by atoms with Gasteiger partial charge in [-0.25, -0.2) is 19.2 Å². The van der Waals surface area contributed by atoms with Crippen LogP contribution in [0.3, 0.4) is 0 Å². The molecule has 0 aliphatic heterocycles. The molecule has 5 aromatic carbocycles. The standard InChI is InChI=1S/C24H12O8.K/c25-21(26)13-8-7-11-10-5-1-3-9-4-2-6-12(14(9)10)16-15(11)17(13)19(23(29)30)20(24(31)32)18(16)22(27)28;/h1-8H,(H,25,26)(H,27,28)(H,29,30)(H,31,32);. The van der Waals surface area contributed by atoms with Crippen LogP contribution in [0.1, 0.15) is 41.4 Å². The van der Waals surface area contributed by atoms with Gasteiger partial charge in [-0.3, -0.25) is 0 Å². The van der Waals surface area contributed by atoms with Gasteiger partial charge in [-0.2, -0.15) is 0 Å². The van der Waals surface area contributed by atoms with Gasteiger partial charge in [-0.1, -0.05) is 42.5 Å². The van der Waals surface area contributed by atoms with E-state index in [9.17, 15) is 39.6 Å². The Bertz CT molecular complexity index is 1680. The Morgan fingerprint density at radius 2 is 1.00 bits per heavy atom. The molecule has 5 aromatic rings. The summed E-state index contributed by atoms with van der Waals surface area (Å²) in [6.45, 7) is 0. The number of rotatable bonds is 4. The van der Waals surface area contributed by atoms with Gasteiger partial charge < -0.3 is 20.4 Å². The molecule has 5 rings (SSSR count). The fourth-order valence-electron chi connectivity index (χ4n) is 4.71. The molecule has 157 valence electrons. The Kier molecular flexibility index (Phi) is 5.63. The monoisotopic (exact) mass is 467 g/mol. The molecule has 0 aliphatic rings. The molecular weight excluding hydrogens is 455 g/mol. The summed E-state index contributed by atoms with van der Waals surface area (Å²) >= 11 is 0. The molecule has 33 heavy (non-hydrogen) atoms. The van der Waals surface area contributed by atoms with Crippen molar-refractivity contribution in [2.75, 3.05) is 0 Å². The van der Waals surface area contributed by atoms with E-state index in [1.54, 1.807) is 24.3 Å². The molecule has 0 unspecified atom stereocenters. The molecule has 0 bridgehead atoms. The molecule has 1 radical (unpaired) electrons. The van der Waals surface area contributed by atoms with Crippen LogP contribution in [0.2, 0.25) is 0 Å². The summed E-state index contributed by atoms with van der Waals surface area (Å²) in [5.41, 5.74) is -2.93. The van der Waals surface area contributed by atoms with Crippen LogP contribution in [0.5, 0.6) is 0 Å². The zero-order valence-corrected chi connectivity index (χ0v) is 20.2. The molecule has 0 saturated heterocycles. The van der Waals surface area contributed by atoms with Crippen molar-refractivity contribution >= 4 is 118 Å². The second-order valence-electron chi connectivity index (χ2n) is 7.34. The van der Waals surface area contributed by atoms with Crippen LogP contribution in [0, 0.1) is 0 Å². The number of hydrogen-bond donors (Lipinski definition) is 4. The Balaban J connectivity index is 0.00000259. The topological polar surface area (TPSA) is 149 Å². The first-order chi connectivity index (χ1) is 15.2. The maximum Gasteiger partial charge on any atom is 0.337 e. The normalized spacial score (nSPS) is 11.2. The molecule has 0 heterocycles. The fraction of sp³-hybridized carbons (Fsp3) is 0. The first-order valence-electron chi connectivity index (χ1n) is 9.36. The van der Waals surface area contributed by atoms with Crippen molar-refractivity contribution in [1.82, 2.24) is 0 Å². The van der Waals surface area contributed by atoms with Gasteiger partial charge in [0.05, 0.1) is 22.3 Å². The number of carbonyl (C=O) groups is 4. The van der Waals surface area contributed by atoms with E-state index in [2.05, 4.69) is 0 Å². The number of benzene rings is 5. The van der Waals surface area contributed by atoms with Crippen molar-refractivity contribution in [1.29, 1.82) is 0 Å². The molecule has 0 aliphatic carbocycles. The first-order valence-corrected chi connectivity index (χ1v) is 9.36. The second-order valence-corrected chi connectivity index (χ2v) is 7.34. The summed E-state index contributed by atoms with van der Waals surface area (Å²) in [5, 5.41) is 42.3. The van der Waals surface area contributed by atoms with Gasteiger partial charge in [0.1, 0.15) is 0 Å². The van der Waals surface area contributed by atoms with E-state index in [0.29, 0.717) is 21.5 Å². The van der Waals surface area contributed by atoms with E-state index >= 15 is 0 Å². The minimum atomic E-state index is -1.77. The van der Waals surface area contributed by atoms with E-state index in [1.165, 1.54) is 12.1 Å². The van der Waals surface area contributed by atoms with Crippen molar-refractivity contribution in [2.24, 2.45) is 0 Å². The van der Waals surface area contributed by atoms with Gasteiger partial charge in [0.25, 0.3) is 0 Å². The van der Waals surface area contributed by atoms with Crippen LogP contribution in [-0.4, -0.2) is 95.7 Å². The van der Waals surface area contributed by atoms with Crippen molar-refractivity contribution in [3.63, 3.8) is 0 Å². The molecule has 0 amide bonds. The molecule has 0 saturated carbocycles. The van der Waals surface area contributed by atoms with E-state index in [1.807, 2.05) is 12.1 Å². The van der Waals surface area contributed by atoms with Gasteiger partial charge >= 0.3 is 23.9 Å². The number of carboxylic acids is 4. The summed E-state index contributed by atoms with van der Waals surface area (Å²) < 4.78 is 0. The average molecular weight is 467 g/mol. The first kappa shape index (κ1) is 23.1. The van der Waals surface area contributed by atoms with Crippen molar-refractivity contribution < 1.29 is 39.6 Å². The van der Waals surface area contributed by atoms with E-state index in [0.717, 1.165) is 5.39 Å². The van der Waals surface area contributed by atoms with Crippen LogP contribution in [-0.2, 0) is 0 Å². The Morgan fingerprint density at radius 3 is 1.55 bits per heavy atom. The van der Waals surface area contributed by atoms with Crippen molar-refractivity contribution in [3.8, 4) is 0 Å². The van der Waals surface area contributed by atoms with Crippen LogP contribution in [0.25, 0.3) is 43.1 Å². The predicted molar refractivity (Wildman–Crippen MR) is 121 cm³/mol. The molecule has 0 aromatic heterocycles. The number of aromatic carboxylic acids is 4. The molecule has 0 atom stereocenters. The molecule has 0 fully saturated rings. The molecule has 4 N–H and O–H groups in total. The van der Waals surface area contributed by atoms with Crippen molar-refractivity contribution in [2.45, 2.75) is 0 Å². The number of fused-ring (bicyclic) bond motifs is 2. The number of carboxylic acid groups (broad SMARTS) is 4. The Labute approximate surface area is 226 Å². The maximum atomic E-state index is 12.3. The van der Waals surface area contributed by atoms with E-state index in [4.69, 9.17) is 0 Å². The minimum Gasteiger partial charge on any atom is -0.478 e. The second kappa shape index (κ2) is 8.05.